The average Bonchev–Trinajstić information content (AvgIpc) is 2.62. The highest BCUT2D eigenvalue weighted by atomic mass is 35.5. The summed E-state index contributed by atoms with van der Waals surface area (Å²) in [4.78, 5) is 0. The second-order valence-electron chi connectivity index (χ2n) is 6.16. The lowest BCUT2D eigenvalue weighted by atomic mass is 9.89. The molecule has 0 heterocycles. The van der Waals surface area contributed by atoms with Crippen LogP contribution in [0.3, 0.4) is 0 Å². The zero-order valence-corrected chi connectivity index (χ0v) is 13.0. The van der Waals surface area contributed by atoms with Gasteiger partial charge in [0.25, 0.3) is 0 Å². The molecule has 0 aliphatic heterocycles. The maximum atomic E-state index is 6.41. The molecule has 1 aliphatic rings. The predicted octanol–water partition coefficient (Wildman–Crippen LogP) is 5.32. The van der Waals surface area contributed by atoms with Crippen LogP contribution in [0.1, 0.15) is 67.7 Å². The van der Waals surface area contributed by atoms with Crippen LogP contribution < -0.4 is 5.73 Å². The van der Waals surface area contributed by atoms with E-state index in [9.17, 15) is 0 Å². The third-order valence-electron chi connectivity index (χ3n) is 4.57. The van der Waals surface area contributed by atoms with Gasteiger partial charge < -0.3 is 5.73 Å². The molecule has 1 nitrogen and oxygen atoms in total. The zero-order chi connectivity index (χ0) is 13.8. The summed E-state index contributed by atoms with van der Waals surface area (Å²) in [5.41, 5.74) is 10.1. The first kappa shape index (κ1) is 14.9. The number of halogens is 1. The Morgan fingerprint density at radius 3 is 2.32 bits per heavy atom. The van der Waals surface area contributed by atoms with Crippen LogP contribution in [0.5, 0.6) is 0 Å². The average molecular weight is 280 g/mol. The van der Waals surface area contributed by atoms with E-state index >= 15 is 0 Å². The molecule has 0 spiro atoms. The molecule has 1 atom stereocenters. The molecule has 1 aromatic carbocycles. The molecule has 2 heteroatoms. The summed E-state index contributed by atoms with van der Waals surface area (Å²) in [6, 6.07) is 4.33. The molecular formula is C17H26ClN. The summed E-state index contributed by atoms with van der Waals surface area (Å²) in [5.74, 6) is 0.787. The van der Waals surface area contributed by atoms with Gasteiger partial charge >= 0.3 is 0 Å². The van der Waals surface area contributed by atoms with Crippen LogP contribution in [-0.2, 0) is 0 Å². The van der Waals surface area contributed by atoms with Gasteiger partial charge in [-0.2, -0.15) is 0 Å². The lowest BCUT2D eigenvalue weighted by Crippen LogP contribution is -2.16. The van der Waals surface area contributed by atoms with Gasteiger partial charge in [0.05, 0.1) is 0 Å². The molecule has 0 amide bonds. The molecule has 0 aromatic heterocycles. The molecule has 1 fully saturated rings. The summed E-state index contributed by atoms with van der Waals surface area (Å²) >= 11 is 6.37. The smallest absolute Gasteiger partial charge is 0.0456 e. The van der Waals surface area contributed by atoms with E-state index in [2.05, 4.69) is 26.0 Å². The molecule has 0 saturated heterocycles. The quantitative estimate of drug-likeness (QED) is 0.745. The van der Waals surface area contributed by atoms with Gasteiger partial charge in [-0.15, -0.1) is 0 Å². The normalized spacial score (nSPS) is 19.2. The molecule has 1 aromatic rings. The summed E-state index contributed by atoms with van der Waals surface area (Å²) in [6.45, 7) is 4.23. The zero-order valence-electron chi connectivity index (χ0n) is 12.2. The fourth-order valence-electron chi connectivity index (χ4n) is 3.17. The molecule has 1 unspecified atom stereocenters. The van der Waals surface area contributed by atoms with Crippen molar-refractivity contribution in [2.24, 2.45) is 11.7 Å². The summed E-state index contributed by atoms with van der Waals surface area (Å²) in [5, 5.41) is 0.837. The lowest BCUT2D eigenvalue weighted by molar-refractivity contribution is 0.393. The molecule has 2 rings (SSSR count). The van der Waals surface area contributed by atoms with E-state index in [-0.39, 0.29) is 6.04 Å². The molecule has 1 aliphatic carbocycles. The Kier molecular flexibility index (Phi) is 5.29. The fraction of sp³-hybridized carbons (Fsp3) is 0.647. The van der Waals surface area contributed by atoms with E-state index < -0.39 is 0 Å². The minimum Gasteiger partial charge on any atom is -0.324 e. The Hall–Kier alpha value is -0.530. The lowest BCUT2D eigenvalue weighted by Gasteiger charge is -2.21. The Morgan fingerprint density at radius 1 is 1.11 bits per heavy atom. The third kappa shape index (κ3) is 3.97. The monoisotopic (exact) mass is 279 g/mol. The minimum atomic E-state index is 0.0925. The fourth-order valence-corrected chi connectivity index (χ4v) is 3.53. The maximum absolute atomic E-state index is 6.41. The summed E-state index contributed by atoms with van der Waals surface area (Å²) in [6.07, 6.45) is 9.32. The second-order valence-corrected chi connectivity index (χ2v) is 6.56. The van der Waals surface area contributed by atoms with Gasteiger partial charge in [0.2, 0.25) is 0 Å². The number of benzene rings is 1. The molecule has 19 heavy (non-hydrogen) atoms. The van der Waals surface area contributed by atoms with Gasteiger partial charge in [0.15, 0.2) is 0 Å². The first-order chi connectivity index (χ1) is 9.08. The van der Waals surface area contributed by atoms with E-state index in [1.54, 1.807) is 0 Å². The first-order valence-corrected chi connectivity index (χ1v) is 7.98. The van der Waals surface area contributed by atoms with Crippen LogP contribution in [0.4, 0.5) is 0 Å². The van der Waals surface area contributed by atoms with Gasteiger partial charge in [-0.25, -0.2) is 0 Å². The first-order valence-electron chi connectivity index (χ1n) is 7.60. The minimum absolute atomic E-state index is 0.0925. The molecule has 106 valence electrons. The van der Waals surface area contributed by atoms with Crippen molar-refractivity contribution >= 4 is 11.6 Å². The highest BCUT2D eigenvalue weighted by Crippen LogP contribution is 2.33. The van der Waals surface area contributed by atoms with Gasteiger partial charge in [0, 0.05) is 11.1 Å². The number of aryl methyl sites for hydroxylation is 2. The van der Waals surface area contributed by atoms with Crippen LogP contribution in [0.15, 0.2) is 12.1 Å². The van der Waals surface area contributed by atoms with Crippen molar-refractivity contribution in [1.82, 2.24) is 0 Å². The van der Waals surface area contributed by atoms with Crippen molar-refractivity contribution in [1.29, 1.82) is 0 Å². The Bertz CT molecular complexity index is 420. The highest BCUT2D eigenvalue weighted by Gasteiger charge is 2.19. The van der Waals surface area contributed by atoms with Crippen LogP contribution in [-0.4, -0.2) is 0 Å². The Morgan fingerprint density at radius 2 is 1.68 bits per heavy atom. The van der Waals surface area contributed by atoms with Gasteiger partial charge in [0.1, 0.15) is 0 Å². The molecule has 1 saturated carbocycles. The van der Waals surface area contributed by atoms with Gasteiger partial charge in [-0.1, -0.05) is 56.2 Å². The predicted molar refractivity (Wildman–Crippen MR) is 83.7 cm³/mol. The van der Waals surface area contributed by atoms with E-state index in [4.69, 9.17) is 17.3 Å². The van der Waals surface area contributed by atoms with E-state index in [0.717, 1.165) is 22.9 Å². The van der Waals surface area contributed by atoms with E-state index in [1.807, 2.05) is 0 Å². The van der Waals surface area contributed by atoms with E-state index in [0.29, 0.717) is 0 Å². The van der Waals surface area contributed by atoms with Crippen LogP contribution in [0.25, 0.3) is 0 Å². The number of hydrogen-bond donors (Lipinski definition) is 1. The Balaban J connectivity index is 2.06. The topological polar surface area (TPSA) is 26.0 Å². The third-order valence-corrected chi connectivity index (χ3v) is 4.90. The summed E-state index contributed by atoms with van der Waals surface area (Å²) in [7, 11) is 0. The second kappa shape index (κ2) is 6.76. The molecule has 0 bridgehead atoms. The van der Waals surface area contributed by atoms with Crippen molar-refractivity contribution in [2.45, 2.75) is 64.8 Å². The molecule has 0 radical (unpaired) electrons. The maximum Gasteiger partial charge on any atom is 0.0456 e. The highest BCUT2D eigenvalue weighted by molar-refractivity contribution is 6.31. The Labute approximate surface area is 122 Å². The van der Waals surface area contributed by atoms with Crippen molar-refractivity contribution < 1.29 is 0 Å². The van der Waals surface area contributed by atoms with Crippen molar-refractivity contribution in [2.75, 3.05) is 0 Å². The number of nitrogens with two attached hydrogens (primary N) is 1. The van der Waals surface area contributed by atoms with Crippen LogP contribution >= 0.6 is 11.6 Å². The SMILES string of the molecule is Cc1cc(Cl)c(C(N)CC2CCCCCC2)cc1C. The summed E-state index contributed by atoms with van der Waals surface area (Å²) < 4.78 is 0. The van der Waals surface area contributed by atoms with Crippen molar-refractivity contribution in [3.63, 3.8) is 0 Å². The van der Waals surface area contributed by atoms with Gasteiger partial charge in [-0.3, -0.25) is 0 Å². The molecule has 2 N–H and O–H groups in total. The van der Waals surface area contributed by atoms with Crippen molar-refractivity contribution in [3.8, 4) is 0 Å². The van der Waals surface area contributed by atoms with Crippen LogP contribution in [0.2, 0.25) is 5.02 Å². The molecular weight excluding hydrogens is 254 g/mol. The van der Waals surface area contributed by atoms with Crippen LogP contribution in [0, 0.1) is 19.8 Å². The van der Waals surface area contributed by atoms with Crippen molar-refractivity contribution in [3.05, 3.63) is 33.8 Å². The largest absolute Gasteiger partial charge is 0.324 e. The standard InChI is InChI=1S/C17H26ClN/c1-12-9-15(16(18)10-13(12)2)17(19)11-14-7-5-3-4-6-8-14/h9-10,14,17H,3-8,11,19H2,1-2H3. The van der Waals surface area contributed by atoms with E-state index in [1.165, 1.54) is 49.7 Å². The van der Waals surface area contributed by atoms with Gasteiger partial charge in [-0.05, 0) is 48.9 Å². The number of hydrogen-bond acceptors (Lipinski definition) is 1. The number of rotatable bonds is 3.